The zero-order chi connectivity index (χ0) is 22.8. The average molecular weight is 446 g/mol. The van der Waals surface area contributed by atoms with E-state index in [2.05, 4.69) is 76.8 Å². The number of aliphatic hydroxyl groups excluding tert-OH is 1. The zero-order valence-electron chi connectivity index (χ0n) is 19.6. The first-order valence-corrected chi connectivity index (χ1v) is 12.3. The van der Waals surface area contributed by atoms with Crippen molar-refractivity contribution < 1.29 is 9.84 Å². The fourth-order valence-electron chi connectivity index (χ4n) is 5.37. The molecular weight excluding hydrogens is 410 g/mol. The van der Waals surface area contributed by atoms with Crippen molar-refractivity contribution in [3.05, 3.63) is 77.6 Å². The molecule has 0 unspecified atom stereocenters. The van der Waals surface area contributed by atoms with Crippen LogP contribution >= 0.6 is 0 Å². The molecule has 2 aromatic carbocycles. The van der Waals surface area contributed by atoms with Crippen molar-refractivity contribution in [2.75, 3.05) is 32.8 Å². The molecule has 1 aromatic heterocycles. The monoisotopic (exact) mass is 445 g/mol. The number of nitrogens with one attached hydrogen (secondary N) is 1. The van der Waals surface area contributed by atoms with Crippen molar-refractivity contribution in [2.45, 2.75) is 44.8 Å². The van der Waals surface area contributed by atoms with E-state index in [4.69, 9.17) is 4.74 Å². The highest BCUT2D eigenvalue weighted by Crippen LogP contribution is 2.41. The van der Waals surface area contributed by atoms with Crippen molar-refractivity contribution in [3.8, 4) is 5.75 Å². The maximum atomic E-state index is 9.34. The fraction of sp³-hybridized carbons (Fsp3) is 0.429. The number of ether oxygens (including phenoxy) is 1. The molecule has 33 heavy (non-hydrogen) atoms. The molecule has 0 bridgehead atoms. The van der Waals surface area contributed by atoms with Crippen LogP contribution in [0, 0.1) is 0 Å². The normalized spacial score (nSPS) is 18.8. The Morgan fingerprint density at radius 3 is 2.70 bits per heavy atom. The molecule has 2 N–H and O–H groups in total. The van der Waals surface area contributed by atoms with Crippen LogP contribution in [0.25, 0.3) is 10.9 Å². The number of nitrogens with zero attached hydrogens (tertiary/aromatic N) is 2. The van der Waals surface area contributed by atoms with Gasteiger partial charge in [-0.3, -0.25) is 4.90 Å². The van der Waals surface area contributed by atoms with E-state index in [-0.39, 0.29) is 12.6 Å². The number of para-hydroxylation sites is 1. The van der Waals surface area contributed by atoms with E-state index in [9.17, 15) is 5.11 Å². The topological polar surface area (TPSA) is 51.7 Å². The fourth-order valence-corrected chi connectivity index (χ4v) is 5.37. The standard InChI is InChI=1S/C28H35N3O2/c1-3-15-30-18-23(19-30)33-22-12-10-21(11-13-22)28-27-25(24-8-4-5-9-26(24)29-27)14-16-31(28)20(2)7-6-17-32/h4-5,8-13,23,28-29,32H,2-3,6-7,14-19H2,1H3/t28-/m1/s1. The van der Waals surface area contributed by atoms with Gasteiger partial charge in [0, 0.05) is 48.5 Å². The molecule has 1 fully saturated rings. The quantitative estimate of drug-likeness (QED) is 0.493. The summed E-state index contributed by atoms with van der Waals surface area (Å²) in [5.74, 6) is 0.943. The Hall–Kier alpha value is -2.76. The van der Waals surface area contributed by atoms with Gasteiger partial charge in [0.1, 0.15) is 11.9 Å². The highest BCUT2D eigenvalue weighted by atomic mass is 16.5. The van der Waals surface area contributed by atoms with Crippen molar-refractivity contribution in [2.24, 2.45) is 0 Å². The molecule has 5 nitrogen and oxygen atoms in total. The summed E-state index contributed by atoms with van der Waals surface area (Å²) >= 11 is 0. The van der Waals surface area contributed by atoms with Crippen molar-refractivity contribution in [1.82, 2.24) is 14.8 Å². The Morgan fingerprint density at radius 2 is 1.94 bits per heavy atom. The third-order valence-corrected chi connectivity index (χ3v) is 7.03. The number of aliphatic hydroxyl groups is 1. The predicted molar refractivity (Wildman–Crippen MR) is 134 cm³/mol. The van der Waals surface area contributed by atoms with Gasteiger partial charge >= 0.3 is 0 Å². The molecule has 5 rings (SSSR count). The summed E-state index contributed by atoms with van der Waals surface area (Å²) in [6.45, 7) is 10.9. The minimum absolute atomic E-state index is 0.0881. The maximum Gasteiger partial charge on any atom is 0.124 e. The molecule has 0 radical (unpaired) electrons. The van der Waals surface area contributed by atoms with Gasteiger partial charge in [0.05, 0.1) is 6.04 Å². The largest absolute Gasteiger partial charge is 0.488 e. The molecule has 0 spiro atoms. The van der Waals surface area contributed by atoms with Crippen molar-refractivity contribution in [1.29, 1.82) is 0 Å². The molecule has 3 heterocycles. The van der Waals surface area contributed by atoms with Gasteiger partial charge in [-0.25, -0.2) is 0 Å². The molecule has 0 amide bonds. The summed E-state index contributed by atoms with van der Waals surface area (Å²) < 4.78 is 6.21. The van der Waals surface area contributed by atoms with E-state index < -0.39 is 0 Å². The lowest BCUT2D eigenvalue weighted by Crippen LogP contribution is -2.53. The van der Waals surface area contributed by atoms with Gasteiger partial charge in [-0.15, -0.1) is 0 Å². The first-order chi connectivity index (χ1) is 16.2. The Bertz CT molecular complexity index is 1100. The van der Waals surface area contributed by atoms with Gasteiger partial charge in [0.15, 0.2) is 0 Å². The molecule has 174 valence electrons. The van der Waals surface area contributed by atoms with Gasteiger partial charge < -0.3 is 19.7 Å². The third kappa shape index (κ3) is 4.40. The van der Waals surface area contributed by atoms with Crippen LogP contribution in [-0.4, -0.2) is 58.8 Å². The number of hydrogen-bond donors (Lipinski definition) is 2. The van der Waals surface area contributed by atoms with Crippen molar-refractivity contribution >= 4 is 10.9 Å². The zero-order valence-corrected chi connectivity index (χ0v) is 19.6. The first-order valence-electron chi connectivity index (χ1n) is 12.3. The Kier molecular flexibility index (Phi) is 6.43. The van der Waals surface area contributed by atoms with Gasteiger partial charge in [0.25, 0.3) is 0 Å². The molecule has 3 aromatic rings. The van der Waals surface area contributed by atoms with Crippen LogP contribution < -0.4 is 4.74 Å². The minimum Gasteiger partial charge on any atom is -0.488 e. The summed E-state index contributed by atoms with van der Waals surface area (Å²) in [7, 11) is 0. The van der Waals surface area contributed by atoms with E-state index in [1.54, 1.807) is 0 Å². The number of likely N-dealkylation sites (tertiary alicyclic amines) is 1. The van der Waals surface area contributed by atoms with E-state index in [1.165, 1.54) is 34.1 Å². The number of aromatic nitrogens is 1. The molecule has 2 aliphatic heterocycles. The van der Waals surface area contributed by atoms with Gasteiger partial charge in [-0.2, -0.15) is 0 Å². The van der Waals surface area contributed by atoms with Crippen LogP contribution in [0.2, 0.25) is 0 Å². The summed E-state index contributed by atoms with van der Waals surface area (Å²) in [5, 5.41) is 10.7. The number of H-pyrrole nitrogens is 1. The van der Waals surface area contributed by atoms with Crippen molar-refractivity contribution in [3.63, 3.8) is 0 Å². The smallest absolute Gasteiger partial charge is 0.124 e. The van der Waals surface area contributed by atoms with E-state index in [1.807, 2.05) is 0 Å². The lowest BCUT2D eigenvalue weighted by atomic mass is 9.91. The minimum atomic E-state index is 0.0881. The third-order valence-electron chi connectivity index (χ3n) is 7.03. The van der Waals surface area contributed by atoms with E-state index in [0.29, 0.717) is 6.10 Å². The number of fused-ring (bicyclic) bond motifs is 3. The average Bonchev–Trinajstić information content (AvgIpc) is 3.20. The predicted octanol–water partition coefficient (Wildman–Crippen LogP) is 4.87. The lowest BCUT2D eigenvalue weighted by Gasteiger charge is -2.40. The Labute approximate surface area is 196 Å². The number of hydrogen-bond acceptors (Lipinski definition) is 4. The molecular formula is C28H35N3O2. The summed E-state index contributed by atoms with van der Waals surface area (Å²) in [5.41, 5.74) is 6.19. The van der Waals surface area contributed by atoms with Gasteiger partial charge in [0.2, 0.25) is 0 Å². The second-order valence-corrected chi connectivity index (χ2v) is 9.37. The Balaban J connectivity index is 1.41. The lowest BCUT2D eigenvalue weighted by molar-refractivity contribution is 0.0202. The molecule has 1 saturated heterocycles. The van der Waals surface area contributed by atoms with Crippen LogP contribution in [0.5, 0.6) is 5.75 Å². The first kappa shape index (κ1) is 22.1. The number of rotatable bonds is 9. The number of allylic oxidation sites excluding steroid dienone is 1. The summed E-state index contributed by atoms with van der Waals surface area (Å²) in [4.78, 5) is 8.57. The van der Waals surface area contributed by atoms with E-state index in [0.717, 1.165) is 56.9 Å². The van der Waals surface area contributed by atoms with Gasteiger partial charge in [-0.05, 0) is 61.6 Å². The van der Waals surface area contributed by atoms with Crippen LogP contribution in [0.15, 0.2) is 60.8 Å². The highest BCUT2D eigenvalue weighted by Gasteiger charge is 2.32. The van der Waals surface area contributed by atoms with Crippen LogP contribution in [0.3, 0.4) is 0 Å². The Morgan fingerprint density at radius 1 is 1.15 bits per heavy atom. The second kappa shape index (κ2) is 9.62. The highest BCUT2D eigenvalue weighted by molar-refractivity contribution is 5.85. The molecule has 0 aliphatic carbocycles. The number of aromatic amines is 1. The molecule has 1 atom stereocenters. The number of benzene rings is 2. The molecule has 0 saturated carbocycles. The van der Waals surface area contributed by atoms with Crippen LogP contribution in [0.4, 0.5) is 0 Å². The molecule has 2 aliphatic rings. The van der Waals surface area contributed by atoms with Gasteiger partial charge in [-0.1, -0.05) is 43.8 Å². The SMILES string of the molecule is C=C(CCCO)N1CCc2c([nH]c3ccccc23)[C@H]1c1ccc(OC2CN(CCC)C2)cc1. The summed E-state index contributed by atoms with van der Waals surface area (Å²) in [6.07, 6.45) is 4.03. The molecule has 5 heteroatoms. The summed E-state index contributed by atoms with van der Waals surface area (Å²) in [6, 6.07) is 17.3. The second-order valence-electron chi connectivity index (χ2n) is 9.37. The van der Waals surface area contributed by atoms with E-state index >= 15 is 0 Å². The maximum absolute atomic E-state index is 9.34. The van der Waals surface area contributed by atoms with Crippen LogP contribution in [-0.2, 0) is 6.42 Å². The van der Waals surface area contributed by atoms with Crippen LogP contribution in [0.1, 0.15) is 49.0 Å².